The van der Waals surface area contributed by atoms with Crippen LogP contribution in [0.2, 0.25) is 5.02 Å². The third-order valence-corrected chi connectivity index (χ3v) is 3.50. The molecule has 108 valence electrons. The molecule has 0 aliphatic carbocycles. The van der Waals surface area contributed by atoms with Crippen molar-refractivity contribution in [3.8, 4) is 0 Å². The van der Waals surface area contributed by atoms with Gasteiger partial charge in [0.1, 0.15) is 0 Å². The smallest absolute Gasteiger partial charge is 0.0406 e. The summed E-state index contributed by atoms with van der Waals surface area (Å²) in [6, 6.07) is 8.56. The molecule has 0 bridgehead atoms. The molecule has 1 rings (SSSR count). The maximum absolute atomic E-state index is 5.94. The Morgan fingerprint density at radius 1 is 1.21 bits per heavy atom. The van der Waals surface area contributed by atoms with Crippen LogP contribution in [-0.2, 0) is 0 Å². The molecule has 0 saturated heterocycles. The van der Waals surface area contributed by atoms with E-state index in [-0.39, 0.29) is 5.41 Å². The van der Waals surface area contributed by atoms with Crippen LogP contribution in [-0.4, -0.2) is 32.1 Å². The maximum atomic E-state index is 5.94. The van der Waals surface area contributed by atoms with Crippen molar-refractivity contribution >= 4 is 11.6 Å². The Balaban J connectivity index is 2.60. The van der Waals surface area contributed by atoms with Crippen molar-refractivity contribution in [2.45, 2.75) is 33.2 Å². The Morgan fingerprint density at radius 3 is 2.26 bits per heavy atom. The maximum Gasteiger partial charge on any atom is 0.0406 e. The Hall–Kier alpha value is -0.570. The summed E-state index contributed by atoms with van der Waals surface area (Å²) in [4.78, 5) is 2.24. The molecule has 1 aromatic carbocycles. The average molecular weight is 283 g/mol. The number of halogens is 1. The molecule has 0 radical (unpaired) electrons. The average Bonchev–Trinajstić information content (AvgIpc) is 2.30. The van der Waals surface area contributed by atoms with Gasteiger partial charge in [0.2, 0.25) is 0 Å². The fraction of sp³-hybridized carbons (Fsp3) is 0.625. The lowest BCUT2D eigenvalue weighted by atomic mass is 9.92. The van der Waals surface area contributed by atoms with Crippen molar-refractivity contribution in [1.29, 1.82) is 0 Å². The topological polar surface area (TPSA) is 15.3 Å². The first-order chi connectivity index (χ1) is 8.84. The van der Waals surface area contributed by atoms with Gasteiger partial charge in [-0.05, 0) is 43.6 Å². The summed E-state index contributed by atoms with van der Waals surface area (Å²) in [5, 5.41) is 4.48. The monoisotopic (exact) mass is 282 g/mol. The molecule has 0 aliphatic heterocycles. The SMILES string of the molecule is CCC(NCC(C)(C)CN(C)C)c1ccc(Cl)cc1. The summed E-state index contributed by atoms with van der Waals surface area (Å²) in [5.74, 6) is 0. The summed E-state index contributed by atoms with van der Waals surface area (Å²) in [5.41, 5.74) is 1.58. The van der Waals surface area contributed by atoms with Crippen LogP contribution in [0.15, 0.2) is 24.3 Å². The number of rotatable bonds is 7. The summed E-state index contributed by atoms with van der Waals surface area (Å²) >= 11 is 5.94. The van der Waals surface area contributed by atoms with Crippen molar-refractivity contribution in [3.05, 3.63) is 34.9 Å². The molecule has 2 nitrogen and oxygen atoms in total. The Labute approximate surface area is 123 Å². The van der Waals surface area contributed by atoms with E-state index in [9.17, 15) is 0 Å². The standard InChI is InChI=1S/C16H27ClN2/c1-6-15(13-7-9-14(17)10-8-13)18-11-16(2,3)12-19(4)5/h7-10,15,18H,6,11-12H2,1-5H3. The van der Waals surface area contributed by atoms with Crippen molar-refractivity contribution in [2.24, 2.45) is 5.41 Å². The normalized spacial score (nSPS) is 13.8. The van der Waals surface area contributed by atoms with Crippen molar-refractivity contribution < 1.29 is 0 Å². The molecule has 0 aliphatic rings. The Bertz CT molecular complexity index is 371. The molecule has 19 heavy (non-hydrogen) atoms. The zero-order valence-electron chi connectivity index (χ0n) is 12.8. The second-order valence-corrected chi connectivity index (χ2v) is 6.73. The molecule has 0 aromatic heterocycles. The van der Waals surface area contributed by atoms with Gasteiger partial charge in [-0.1, -0.05) is 44.5 Å². The molecule has 0 spiro atoms. The van der Waals surface area contributed by atoms with Crippen LogP contribution in [0.3, 0.4) is 0 Å². The number of hydrogen-bond acceptors (Lipinski definition) is 2. The summed E-state index contributed by atoms with van der Waals surface area (Å²) in [6.45, 7) is 8.90. The first-order valence-corrected chi connectivity index (χ1v) is 7.35. The van der Waals surface area contributed by atoms with Crippen LogP contribution in [0.1, 0.15) is 38.8 Å². The third kappa shape index (κ3) is 5.94. The van der Waals surface area contributed by atoms with E-state index in [1.165, 1.54) is 5.56 Å². The van der Waals surface area contributed by atoms with E-state index < -0.39 is 0 Å². The van der Waals surface area contributed by atoms with E-state index in [4.69, 9.17) is 11.6 Å². The van der Waals surface area contributed by atoms with E-state index in [0.717, 1.165) is 24.5 Å². The molecular weight excluding hydrogens is 256 g/mol. The van der Waals surface area contributed by atoms with Gasteiger partial charge in [0.25, 0.3) is 0 Å². The highest BCUT2D eigenvalue weighted by Gasteiger charge is 2.20. The number of nitrogens with one attached hydrogen (secondary N) is 1. The van der Waals surface area contributed by atoms with E-state index in [2.05, 4.69) is 57.2 Å². The lowest BCUT2D eigenvalue weighted by Gasteiger charge is -2.31. The van der Waals surface area contributed by atoms with E-state index in [1.807, 2.05) is 12.1 Å². The largest absolute Gasteiger partial charge is 0.309 e. The predicted molar refractivity (Wildman–Crippen MR) is 84.8 cm³/mol. The summed E-state index contributed by atoms with van der Waals surface area (Å²) in [7, 11) is 4.25. The molecule has 0 amide bonds. The van der Waals surface area contributed by atoms with Crippen LogP contribution in [0, 0.1) is 5.41 Å². The zero-order valence-corrected chi connectivity index (χ0v) is 13.6. The molecule has 0 heterocycles. The van der Waals surface area contributed by atoms with Crippen LogP contribution in [0.25, 0.3) is 0 Å². The first kappa shape index (κ1) is 16.5. The molecule has 1 N–H and O–H groups in total. The van der Waals surface area contributed by atoms with Gasteiger partial charge in [-0.25, -0.2) is 0 Å². The zero-order chi connectivity index (χ0) is 14.5. The molecule has 1 aromatic rings. The van der Waals surface area contributed by atoms with Gasteiger partial charge >= 0.3 is 0 Å². The third-order valence-electron chi connectivity index (χ3n) is 3.25. The van der Waals surface area contributed by atoms with Crippen LogP contribution in [0.5, 0.6) is 0 Å². The van der Waals surface area contributed by atoms with Crippen molar-refractivity contribution in [2.75, 3.05) is 27.2 Å². The van der Waals surface area contributed by atoms with E-state index >= 15 is 0 Å². The second-order valence-electron chi connectivity index (χ2n) is 6.30. The Morgan fingerprint density at radius 2 is 1.79 bits per heavy atom. The number of hydrogen-bond donors (Lipinski definition) is 1. The van der Waals surface area contributed by atoms with Gasteiger partial charge in [-0.3, -0.25) is 0 Å². The lowest BCUT2D eigenvalue weighted by molar-refractivity contribution is 0.224. The minimum atomic E-state index is 0.267. The van der Waals surface area contributed by atoms with Gasteiger partial charge in [0.15, 0.2) is 0 Å². The van der Waals surface area contributed by atoms with E-state index in [1.54, 1.807) is 0 Å². The minimum Gasteiger partial charge on any atom is -0.309 e. The molecule has 1 atom stereocenters. The Kier molecular flexibility index (Phi) is 6.31. The van der Waals surface area contributed by atoms with E-state index in [0.29, 0.717) is 6.04 Å². The number of benzene rings is 1. The highest BCUT2D eigenvalue weighted by atomic mass is 35.5. The summed E-state index contributed by atoms with van der Waals surface area (Å²) in [6.07, 6.45) is 1.08. The van der Waals surface area contributed by atoms with Crippen molar-refractivity contribution in [1.82, 2.24) is 10.2 Å². The predicted octanol–water partition coefficient (Wildman–Crippen LogP) is 3.97. The second kappa shape index (κ2) is 7.28. The van der Waals surface area contributed by atoms with Gasteiger partial charge in [0.05, 0.1) is 0 Å². The van der Waals surface area contributed by atoms with Crippen LogP contribution in [0.4, 0.5) is 0 Å². The summed E-state index contributed by atoms with van der Waals surface area (Å²) < 4.78 is 0. The molecule has 3 heteroatoms. The highest BCUT2D eigenvalue weighted by Crippen LogP contribution is 2.21. The van der Waals surface area contributed by atoms with Gasteiger partial charge in [0, 0.05) is 24.2 Å². The molecule has 0 fully saturated rings. The quantitative estimate of drug-likeness (QED) is 0.814. The fourth-order valence-electron chi connectivity index (χ4n) is 2.50. The van der Waals surface area contributed by atoms with Gasteiger partial charge in [-0.2, -0.15) is 0 Å². The van der Waals surface area contributed by atoms with Crippen LogP contribution < -0.4 is 5.32 Å². The minimum absolute atomic E-state index is 0.267. The number of nitrogens with zero attached hydrogens (tertiary/aromatic N) is 1. The lowest BCUT2D eigenvalue weighted by Crippen LogP contribution is -2.38. The molecular formula is C16H27ClN2. The fourth-order valence-corrected chi connectivity index (χ4v) is 2.63. The highest BCUT2D eigenvalue weighted by molar-refractivity contribution is 6.30. The molecule has 1 unspecified atom stereocenters. The van der Waals surface area contributed by atoms with Gasteiger partial charge in [-0.15, -0.1) is 0 Å². The van der Waals surface area contributed by atoms with Crippen LogP contribution >= 0.6 is 11.6 Å². The first-order valence-electron chi connectivity index (χ1n) is 6.97. The van der Waals surface area contributed by atoms with Crippen molar-refractivity contribution in [3.63, 3.8) is 0 Å². The van der Waals surface area contributed by atoms with Gasteiger partial charge < -0.3 is 10.2 Å². The molecule has 0 saturated carbocycles.